The first-order valence-corrected chi connectivity index (χ1v) is 6.88. The Morgan fingerprint density at radius 3 is 2.58 bits per heavy atom. The molecule has 19 heavy (non-hydrogen) atoms. The van der Waals surface area contributed by atoms with Crippen molar-refractivity contribution >= 4 is 0 Å². The molecule has 0 aromatic heterocycles. The van der Waals surface area contributed by atoms with Crippen LogP contribution in [0.15, 0.2) is 54.6 Å². The van der Waals surface area contributed by atoms with Crippen LogP contribution in [0.5, 0.6) is 5.75 Å². The fraction of sp³-hybridized carbons (Fsp3) is 0.294. The molecule has 0 amide bonds. The average molecular weight is 253 g/mol. The van der Waals surface area contributed by atoms with E-state index in [2.05, 4.69) is 30.3 Å². The molecule has 0 saturated heterocycles. The van der Waals surface area contributed by atoms with Gasteiger partial charge in [-0.15, -0.1) is 0 Å². The summed E-state index contributed by atoms with van der Waals surface area (Å²) in [5, 5.41) is 0. The summed E-state index contributed by atoms with van der Waals surface area (Å²) in [5.41, 5.74) is 8.72. The lowest BCUT2D eigenvalue weighted by atomic mass is 9.94. The lowest BCUT2D eigenvalue weighted by Gasteiger charge is -2.30. The quantitative estimate of drug-likeness (QED) is 0.909. The predicted molar refractivity (Wildman–Crippen MR) is 77.2 cm³/mol. The number of rotatable bonds is 3. The predicted octanol–water partition coefficient (Wildman–Crippen LogP) is 3.47. The van der Waals surface area contributed by atoms with Crippen molar-refractivity contribution in [1.29, 1.82) is 0 Å². The van der Waals surface area contributed by atoms with Gasteiger partial charge in [-0.3, -0.25) is 0 Å². The standard InChI is InChI=1S/C17H19NO/c18-16-12-14(11-10-13-6-2-1-3-7-13)19-17-9-5-4-8-15(16)17/h1-9,14,16H,10-12,18H2. The molecule has 98 valence electrons. The van der Waals surface area contributed by atoms with Crippen LogP contribution in [-0.4, -0.2) is 6.10 Å². The molecule has 1 aliphatic rings. The van der Waals surface area contributed by atoms with Crippen molar-refractivity contribution in [1.82, 2.24) is 0 Å². The maximum Gasteiger partial charge on any atom is 0.124 e. The molecule has 3 rings (SSSR count). The minimum absolute atomic E-state index is 0.103. The first kappa shape index (κ1) is 12.2. The summed E-state index contributed by atoms with van der Waals surface area (Å²) in [5.74, 6) is 0.958. The summed E-state index contributed by atoms with van der Waals surface area (Å²) in [4.78, 5) is 0. The molecule has 2 N–H and O–H groups in total. The third kappa shape index (κ3) is 2.79. The average Bonchev–Trinajstić information content (AvgIpc) is 2.46. The van der Waals surface area contributed by atoms with E-state index < -0.39 is 0 Å². The summed E-state index contributed by atoms with van der Waals surface area (Å²) in [6.07, 6.45) is 3.20. The van der Waals surface area contributed by atoms with E-state index in [0.717, 1.165) is 30.6 Å². The van der Waals surface area contributed by atoms with Gasteiger partial charge >= 0.3 is 0 Å². The Morgan fingerprint density at radius 1 is 1.00 bits per heavy atom. The van der Waals surface area contributed by atoms with Gasteiger partial charge in [0.25, 0.3) is 0 Å². The highest BCUT2D eigenvalue weighted by Crippen LogP contribution is 2.34. The van der Waals surface area contributed by atoms with E-state index in [0.29, 0.717) is 0 Å². The van der Waals surface area contributed by atoms with Crippen LogP contribution in [0.3, 0.4) is 0 Å². The minimum atomic E-state index is 0.103. The summed E-state index contributed by atoms with van der Waals surface area (Å²) >= 11 is 0. The molecule has 0 radical (unpaired) electrons. The Morgan fingerprint density at radius 2 is 1.74 bits per heavy atom. The van der Waals surface area contributed by atoms with Crippen molar-refractivity contribution in [3.05, 3.63) is 65.7 Å². The molecule has 2 aromatic carbocycles. The van der Waals surface area contributed by atoms with Crippen LogP contribution in [0, 0.1) is 0 Å². The van der Waals surface area contributed by atoms with Gasteiger partial charge in [0.2, 0.25) is 0 Å². The molecular formula is C17H19NO. The molecule has 2 heteroatoms. The van der Waals surface area contributed by atoms with E-state index >= 15 is 0 Å². The van der Waals surface area contributed by atoms with Crippen molar-refractivity contribution in [2.24, 2.45) is 5.73 Å². The van der Waals surface area contributed by atoms with Crippen LogP contribution in [0.2, 0.25) is 0 Å². The molecule has 2 atom stereocenters. The second kappa shape index (κ2) is 5.45. The van der Waals surface area contributed by atoms with E-state index in [4.69, 9.17) is 10.5 Å². The van der Waals surface area contributed by atoms with Gasteiger partial charge < -0.3 is 10.5 Å². The van der Waals surface area contributed by atoms with Gasteiger partial charge in [-0.05, 0) is 24.5 Å². The second-order valence-corrected chi connectivity index (χ2v) is 5.14. The number of hydrogen-bond donors (Lipinski definition) is 1. The van der Waals surface area contributed by atoms with E-state index in [1.807, 2.05) is 24.3 Å². The van der Waals surface area contributed by atoms with Gasteiger partial charge in [-0.1, -0.05) is 48.5 Å². The van der Waals surface area contributed by atoms with E-state index in [9.17, 15) is 0 Å². The van der Waals surface area contributed by atoms with Crippen molar-refractivity contribution in [3.8, 4) is 5.75 Å². The van der Waals surface area contributed by atoms with Crippen molar-refractivity contribution in [2.75, 3.05) is 0 Å². The Bertz CT molecular complexity index is 538. The van der Waals surface area contributed by atoms with Crippen LogP contribution in [0.4, 0.5) is 0 Å². The first-order valence-electron chi connectivity index (χ1n) is 6.88. The summed E-state index contributed by atoms with van der Waals surface area (Å²) in [7, 11) is 0. The normalized spacial score (nSPS) is 21.5. The van der Waals surface area contributed by atoms with Crippen LogP contribution >= 0.6 is 0 Å². The Labute approximate surface area is 114 Å². The van der Waals surface area contributed by atoms with Gasteiger partial charge in [0.05, 0.1) is 0 Å². The zero-order valence-electron chi connectivity index (χ0n) is 11.0. The smallest absolute Gasteiger partial charge is 0.124 e. The number of fused-ring (bicyclic) bond motifs is 1. The van der Waals surface area contributed by atoms with E-state index in [1.54, 1.807) is 0 Å². The fourth-order valence-electron chi connectivity index (χ4n) is 2.68. The summed E-state index contributed by atoms with van der Waals surface area (Å²) in [6, 6.07) is 18.7. The van der Waals surface area contributed by atoms with Crippen LogP contribution in [0.1, 0.15) is 30.0 Å². The molecule has 2 unspecified atom stereocenters. The van der Waals surface area contributed by atoms with Gasteiger partial charge in [-0.2, -0.15) is 0 Å². The molecule has 0 saturated carbocycles. The molecule has 0 fully saturated rings. The largest absolute Gasteiger partial charge is 0.490 e. The zero-order valence-corrected chi connectivity index (χ0v) is 11.0. The lowest BCUT2D eigenvalue weighted by molar-refractivity contribution is 0.150. The van der Waals surface area contributed by atoms with Crippen molar-refractivity contribution in [2.45, 2.75) is 31.4 Å². The highest BCUT2D eigenvalue weighted by Gasteiger charge is 2.25. The third-order valence-electron chi connectivity index (χ3n) is 3.73. The van der Waals surface area contributed by atoms with E-state index in [-0.39, 0.29) is 12.1 Å². The molecule has 0 spiro atoms. The Kier molecular flexibility index (Phi) is 3.51. The van der Waals surface area contributed by atoms with E-state index in [1.165, 1.54) is 5.56 Å². The van der Waals surface area contributed by atoms with Crippen LogP contribution in [-0.2, 0) is 6.42 Å². The fourth-order valence-corrected chi connectivity index (χ4v) is 2.68. The number of benzene rings is 2. The van der Waals surface area contributed by atoms with Gasteiger partial charge in [0, 0.05) is 18.0 Å². The third-order valence-corrected chi connectivity index (χ3v) is 3.73. The number of hydrogen-bond acceptors (Lipinski definition) is 2. The molecule has 2 nitrogen and oxygen atoms in total. The molecule has 1 aliphatic heterocycles. The molecule has 0 aliphatic carbocycles. The lowest BCUT2D eigenvalue weighted by Crippen LogP contribution is -2.29. The summed E-state index contributed by atoms with van der Waals surface area (Å²) in [6.45, 7) is 0. The van der Waals surface area contributed by atoms with Gasteiger partial charge in [-0.25, -0.2) is 0 Å². The topological polar surface area (TPSA) is 35.2 Å². The first-order chi connectivity index (χ1) is 9.33. The number of aryl methyl sites for hydroxylation is 1. The van der Waals surface area contributed by atoms with Crippen LogP contribution < -0.4 is 10.5 Å². The molecule has 2 aromatic rings. The number of para-hydroxylation sites is 1. The maximum atomic E-state index is 6.23. The maximum absolute atomic E-state index is 6.23. The van der Waals surface area contributed by atoms with Crippen LogP contribution in [0.25, 0.3) is 0 Å². The molecule has 1 heterocycles. The van der Waals surface area contributed by atoms with Crippen molar-refractivity contribution in [3.63, 3.8) is 0 Å². The Balaban J connectivity index is 1.65. The molecule has 0 bridgehead atoms. The van der Waals surface area contributed by atoms with Crippen molar-refractivity contribution < 1.29 is 4.74 Å². The number of nitrogens with two attached hydrogens (primary N) is 1. The highest BCUT2D eigenvalue weighted by molar-refractivity contribution is 5.37. The SMILES string of the molecule is NC1CC(CCc2ccccc2)Oc2ccccc21. The van der Waals surface area contributed by atoms with Gasteiger partial charge in [0.15, 0.2) is 0 Å². The summed E-state index contributed by atoms with van der Waals surface area (Å²) < 4.78 is 6.04. The number of ether oxygens (including phenoxy) is 1. The highest BCUT2D eigenvalue weighted by atomic mass is 16.5. The van der Waals surface area contributed by atoms with Gasteiger partial charge in [0.1, 0.15) is 11.9 Å². The monoisotopic (exact) mass is 253 g/mol. The zero-order chi connectivity index (χ0) is 13.1. The Hall–Kier alpha value is -1.80. The second-order valence-electron chi connectivity index (χ2n) is 5.14. The minimum Gasteiger partial charge on any atom is -0.490 e. The molecular weight excluding hydrogens is 234 g/mol.